The Kier molecular flexibility index (Phi) is 1.90. The van der Waals surface area contributed by atoms with Gasteiger partial charge in [0.15, 0.2) is 0 Å². The first-order chi connectivity index (χ1) is 6.95. The standard InChI is InChI=1S/C13H15N/c1-2-6-12-10(4-1)7-8-11-5-3-9-14-13(11)12/h3,5-6,9-10H,1-2,4,7-8H2. The molecule has 3 rings (SSSR count). The molecule has 0 radical (unpaired) electrons. The maximum Gasteiger partial charge on any atom is 0.0693 e. The van der Waals surface area contributed by atoms with Crippen molar-refractivity contribution < 1.29 is 0 Å². The lowest BCUT2D eigenvalue weighted by Crippen LogP contribution is -2.16. The highest BCUT2D eigenvalue weighted by Gasteiger charge is 2.25. The van der Waals surface area contributed by atoms with Crippen LogP contribution in [0.1, 0.15) is 36.9 Å². The number of nitrogens with zero attached hydrogens (tertiary/aromatic N) is 1. The molecule has 0 aromatic carbocycles. The zero-order valence-electron chi connectivity index (χ0n) is 8.37. The normalized spacial score (nSPS) is 24.9. The zero-order valence-corrected chi connectivity index (χ0v) is 8.37. The van der Waals surface area contributed by atoms with Crippen LogP contribution in [0, 0.1) is 5.92 Å². The molecule has 0 bridgehead atoms. The van der Waals surface area contributed by atoms with Crippen molar-refractivity contribution in [3.63, 3.8) is 0 Å². The molecule has 0 amide bonds. The summed E-state index contributed by atoms with van der Waals surface area (Å²) >= 11 is 0. The van der Waals surface area contributed by atoms with Gasteiger partial charge in [-0.15, -0.1) is 0 Å². The molecular formula is C13H15N. The number of aryl methyl sites for hydroxylation is 1. The summed E-state index contributed by atoms with van der Waals surface area (Å²) < 4.78 is 0. The van der Waals surface area contributed by atoms with Crippen LogP contribution in [-0.4, -0.2) is 4.98 Å². The molecule has 2 aliphatic carbocycles. The lowest BCUT2D eigenvalue weighted by molar-refractivity contribution is 0.506. The monoisotopic (exact) mass is 185 g/mol. The summed E-state index contributed by atoms with van der Waals surface area (Å²) in [4.78, 5) is 4.54. The minimum Gasteiger partial charge on any atom is -0.256 e. The van der Waals surface area contributed by atoms with E-state index in [0.29, 0.717) is 0 Å². The predicted molar refractivity (Wildman–Crippen MR) is 57.9 cm³/mol. The van der Waals surface area contributed by atoms with Crippen molar-refractivity contribution in [1.82, 2.24) is 4.98 Å². The summed E-state index contributed by atoms with van der Waals surface area (Å²) in [5.41, 5.74) is 4.29. The van der Waals surface area contributed by atoms with Crippen molar-refractivity contribution in [3.8, 4) is 0 Å². The second kappa shape index (κ2) is 3.23. The number of fused-ring (bicyclic) bond motifs is 3. The van der Waals surface area contributed by atoms with E-state index in [9.17, 15) is 0 Å². The van der Waals surface area contributed by atoms with Gasteiger partial charge in [-0.1, -0.05) is 12.1 Å². The predicted octanol–water partition coefficient (Wildman–Crippen LogP) is 3.21. The van der Waals surface area contributed by atoms with E-state index in [0.717, 1.165) is 5.92 Å². The van der Waals surface area contributed by atoms with Gasteiger partial charge in [-0.3, -0.25) is 4.98 Å². The Morgan fingerprint density at radius 2 is 2.29 bits per heavy atom. The Labute approximate surface area is 84.9 Å². The van der Waals surface area contributed by atoms with Gasteiger partial charge in [0, 0.05) is 6.20 Å². The number of pyridine rings is 1. The van der Waals surface area contributed by atoms with E-state index in [4.69, 9.17) is 0 Å². The molecule has 2 aliphatic rings. The maximum atomic E-state index is 4.54. The summed E-state index contributed by atoms with van der Waals surface area (Å²) in [6, 6.07) is 4.29. The fraction of sp³-hybridized carbons (Fsp3) is 0.462. The second-order valence-corrected chi connectivity index (χ2v) is 4.34. The van der Waals surface area contributed by atoms with E-state index in [-0.39, 0.29) is 0 Å². The first kappa shape index (κ1) is 8.22. The first-order valence-electron chi connectivity index (χ1n) is 5.59. The third-order valence-electron chi connectivity index (χ3n) is 3.49. The number of hydrogen-bond acceptors (Lipinski definition) is 1. The van der Waals surface area contributed by atoms with E-state index in [1.807, 2.05) is 6.20 Å². The number of aromatic nitrogens is 1. The van der Waals surface area contributed by atoms with Crippen molar-refractivity contribution in [1.29, 1.82) is 0 Å². The summed E-state index contributed by atoms with van der Waals surface area (Å²) in [6.07, 6.45) is 10.9. The van der Waals surface area contributed by atoms with Crippen molar-refractivity contribution >= 4 is 5.57 Å². The quantitative estimate of drug-likeness (QED) is 0.604. The van der Waals surface area contributed by atoms with Crippen LogP contribution in [0.25, 0.3) is 5.57 Å². The Hall–Kier alpha value is -1.11. The fourth-order valence-electron chi connectivity index (χ4n) is 2.76. The first-order valence-corrected chi connectivity index (χ1v) is 5.59. The zero-order chi connectivity index (χ0) is 9.38. The molecule has 0 saturated carbocycles. The Bertz CT molecular complexity index is 379. The van der Waals surface area contributed by atoms with E-state index in [1.54, 1.807) is 0 Å². The SMILES string of the molecule is C1=C2c3ncccc3CCC2CCC1. The average Bonchev–Trinajstić information content (AvgIpc) is 2.29. The van der Waals surface area contributed by atoms with Crippen molar-refractivity contribution in [2.24, 2.45) is 5.92 Å². The summed E-state index contributed by atoms with van der Waals surface area (Å²) in [7, 11) is 0. The smallest absolute Gasteiger partial charge is 0.0693 e. The molecule has 1 atom stereocenters. The topological polar surface area (TPSA) is 12.9 Å². The summed E-state index contributed by atoms with van der Waals surface area (Å²) in [5, 5.41) is 0. The summed E-state index contributed by atoms with van der Waals surface area (Å²) in [6.45, 7) is 0. The molecule has 1 aromatic heterocycles. The van der Waals surface area contributed by atoms with Gasteiger partial charge in [-0.25, -0.2) is 0 Å². The lowest BCUT2D eigenvalue weighted by atomic mass is 9.76. The minimum atomic E-state index is 0.811. The molecule has 1 heteroatoms. The lowest BCUT2D eigenvalue weighted by Gasteiger charge is -2.29. The van der Waals surface area contributed by atoms with Crippen LogP contribution in [0.4, 0.5) is 0 Å². The fourth-order valence-corrected chi connectivity index (χ4v) is 2.76. The van der Waals surface area contributed by atoms with Crippen LogP contribution >= 0.6 is 0 Å². The molecule has 1 aromatic rings. The van der Waals surface area contributed by atoms with Crippen LogP contribution in [0.2, 0.25) is 0 Å². The van der Waals surface area contributed by atoms with Gasteiger partial charge < -0.3 is 0 Å². The molecule has 14 heavy (non-hydrogen) atoms. The van der Waals surface area contributed by atoms with E-state index in [1.165, 1.54) is 48.9 Å². The van der Waals surface area contributed by atoms with Crippen molar-refractivity contribution in [2.45, 2.75) is 32.1 Å². The Balaban J connectivity index is 2.11. The van der Waals surface area contributed by atoms with Gasteiger partial charge in [0.2, 0.25) is 0 Å². The summed E-state index contributed by atoms with van der Waals surface area (Å²) in [5.74, 6) is 0.811. The van der Waals surface area contributed by atoms with Crippen molar-refractivity contribution in [2.75, 3.05) is 0 Å². The Morgan fingerprint density at radius 3 is 3.29 bits per heavy atom. The van der Waals surface area contributed by atoms with Gasteiger partial charge in [-0.2, -0.15) is 0 Å². The largest absolute Gasteiger partial charge is 0.256 e. The van der Waals surface area contributed by atoms with Crippen LogP contribution in [0.5, 0.6) is 0 Å². The highest BCUT2D eigenvalue weighted by molar-refractivity contribution is 5.69. The van der Waals surface area contributed by atoms with E-state index < -0.39 is 0 Å². The number of rotatable bonds is 0. The third-order valence-corrected chi connectivity index (χ3v) is 3.49. The van der Waals surface area contributed by atoms with E-state index >= 15 is 0 Å². The minimum absolute atomic E-state index is 0.811. The third kappa shape index (κ3) is 1.19. The molecule has 0 fully saturated rings. The van der Waals surface area contributed by atoms with Gasteiger partial charge >= 0.3 is 0 Å². The molecule has 0 aliphatic heterocycles. The average molecular weight is 185 g/mol. The highest BCUT2D eigenvalue weighted by atomic mass is 14.7. The molecule has 0 spiro atoms. The second-order valence-electron chi connectivity index (χ2n) is 4.34. The van der Waals surface area contributed by atoms with Gasteiger partial charge in [0.1, 0.15) is 0 Å². The Morgan fingerprint density at radius 1 is 1.29 bits per heavy atom. The van der Waals surface area contributed by atoms with E-state index in [2.05, 4.69) is 23.2 Å². The molecule has 1 heterocycles. The van der Waals surface area contributed by atoms with Gasteiger partial charge in [-0.05, 0) is 55.2 Å². The van der Waals surface area contributed by atoms with Crippen LogP contribution in [-0.2, 0) is 6.42 Å². The molecule has 1 nitrogen and oxygen atoms in total. The van der Waals surface area contributed by atoms with Crippen LogP contribution in [0.15, 0.2) is 24.4 Å². The molecular weight excluding hydrogens is 170 g/mol. The highest BCUT2D eigenvalue weighted by Crippen LogP contribution is 2.39. The molecule has 72 valence electrons. The number of hydrogen-bond donors (Lipinski definition) is 0. The van der Waals surface area contributed by atoms with Gasteiger partial charge in [0.25, 0.3) is 0 Å². The number of allylic oxidation sites excluding steroid dienone is 2. The maximum absolute atomic E-state index is 4.54. The van der Waals surface area contributed by atoms with Crippen molar-refractivity contribution in [3.05, 3.63) is 35.7 Å². The van der Waals surface area contributed by atoms with Gasteiger partial charge in [0.05, 0.1) is 5.69 Å². The van der Waals surface area contributed by atoms with Crippen LogP contribution < -0.4 is 0 Å². The van der Waals surface area contributed by atoms with Crippen LogP contribution in [0.3, 0.4) is 0 Å². The molecule has 1 unspecified atom stereocenters. The molecule has 0 N–H and O–H groups in total. The molecule has 0 saturated heterocycles.